The van der Waals surface area contributed by atoms with Crippen molar-refractivity contribution in [2.75, 3.05) is 18.5 Å². The Labute approximate surface area is 175 Å². The Balaban J connectivity index is 1.48. The van der Waals surface area contributed by atoms with Crippen LogP contribution in [0.1, 0.15) is 24.3 Å². The summed E-state index contributed by atoms with van der Waals surface area (Å²) < 4.78 is 32.2. The van der Waals surface area contributed by atoms with Crippen LogP contribution < -0.4 is 4.90 Å². The van der Waals surface area contributed by atoms with E-state index in [-0.39, 0.29) is 23.2 Å². The number of amides is 1. The first kappa shape index (κ1) is 20.2. The van der Waals surface area contributed by atoms with Gasteiger partial charge in [0.25, 0.3) is 0 Å². The third-order valence-electron chi connectivity index (χ3n) is 5.07. The van der Waals surface area contributed by atoms with Gasteiger partial charge in [0.2, 0.25) is 27.6 Å². The lowest BCUT2D eigenvalue weighted by molar-refractivity contribution is -0.117. The van der Waals surface area contributed by atoms with Crippen LogP contribution in [0.4, 0.5) is 5.69 Å². The maximum Gasteiger partial charge on any atom is 0.243 e. The number of anilines is 1. The van der Waals surface area contributed by atoms with E-state index in [1.807, 2.05) is 31.2 Å². The van der Waals surface area contributed by atoms with Crippen LogP contribution in [0, 0.1) is 6.92 Å². The monoisotopic (exact) mass is 426 g/mol. The second-order valence-electron chi connectivity index (χ2n) is 7.28. The molecular formula is C21H22N4O4S. The first-order valence-corrected chi connectivity index (χ1v) is 11.0. The van der Waals surface area contributed by atoms with E-state index in [0.717, 1.165) is 21.9 Å². The summed E-state index contributed by atoms with van der Waals surface area (Å²) in [5, 5.41) is 3.94. The fourth-order valence-corrected chi connectivity index (χ4v) is 4.43. The van der Waals surface area contributed by atoms with Crippen LogP contribution in [0.15, 0.2) is 57.9 Å². The molecule has 1 aliphatic heterocycles. The quantitative estimate of drug-likeness (QED) is 0.601. The molecule has 0 unspecified atom stereocenters. The Morgan fingerprint density at radius 2 is 1.80 bits per heavy atom. The maximum atomic E-state index is 12.9. The molecule has 1 amide bonds. The largest absolute Gasteiger partial charge is 0.338 e. The van der Waals surface area contributed by atoms with E-state index >= 15 is 0 Å². The SMILES string of the molecule is Cc1ccc(-c2noc(CN(C)S(=O)(=O)c3ccc(N4CCCC4=O)cc3)n2)cc1. The molecule has 1 aromatic heterocycles. The Morgan fingerprint density at radius 1 is 1.10 bits per heavy atom. The van der Waals surface area contributed by atoms with Gasteiger partial charge in [-0.1, -0.05) is 35.0 Å². The highest BCUT2D eigenvalue weighted by molar-refractivity contribution is 7.89. The molecule has 0 atom stereocenters. The number of aryl methyl sites for hydroxylation is 1. The van der Waals surface area contributed by atoms with E-state index in [0.29, 0.717) is 24.5 Å². The Bertz CT molecular complexity index is 1150. The van der Waals surface area contributed by atoms with E-state index < -0.39 is 10.0 Å². The van der Waals surface area contributed by atoms with Crippen molar-refractivity contribution < 1.29 is 17.7 Å². The normalized spacial score (nSPS) is 14.6. The molecule has 8 nitrogen and oxygen atoms in total. The predicted molar refractivity (Wildman–Crippen MR) is 111 cm³/mol. The van der Waals surface area contributed by atoms with Gasteiger partial charge in [-0.05, 0) is 37.6 Å². The molecule has 0 spiro atoms. The number of rotatable bonds is 6. The zero-order valence-electron chi connectivity index (χ0n) is 16.8. The Morgan fingerprint density at radius 3 is 2.43 bits per heavy atom. The molecule has 0 aliphatic carbocycles. The molecule has 0 saturated carbocycles. The van der Waals surface area contributed by atoms with E-state index in [1.165, 1.54) is 19.2 Å². The predicted octanol–water partition coefficient (Wildman–Crippen LogP) is 2.99. The van der Waals surface area contributed by atoms with Crippen LogP contribution >= 0.6 is 0 Å². The molecule has 1 aliphatic rings. The lowest BCUT2D eigenvalue weighted by Gasteiger charge is -2.18. The van der Waals surface area contributed by atoms with Crippen LogP contribution in [0.2, 0.25) is 0 Å². The zero-order chi connectivity index (χ0) is 21.3. The van der Waals surface area contributed by atoms with Crippen molar-refractivity contribution in [3.05, 3.63) is 60.0 Å². The number of nitrogens with zero attached hydrogens (tertiary/aromatic N) is 4. The van der Waals surface area contributed by atoms with Gasteiger partial charge in [0.1, 0.15) is 0 Å². The minimum atomic E-state index is -3.75. The molecule has 2 heterocycles. The van der Waals surface area contributed by atoms with Gasteiger partial charge in [-0.25, -0.2) is 8.42 Å². The van der Waals surface area contributed by atoms with Gasteiger partial charge in [-0.15, -0.1) is 0 Å². The first-order valence-electron chi connectivity index (χ1n) is 9.61. The molecular weight excluding hydrogens is 404 g/mol. The third kappa shape index (κ3) is 3.99. The summed E-state index contributed by atoms with van der Waals surface area (Å²) in [6.45, 7) is 2.60. The van der Waals surface area contributed by atoms with Crippen LogP contribution in [0.3, 0.4) is 0 Å². The van der Waals surface area contributed by atoms with Crippen LogP contribution in [-0.2, 0) is 21.4 Å². The standard InChI is InChI=1S/C21H22N4O4S/c1-15-5-7-16(8-6-15)21-22-19(29-23-21)14-24(2)30(27,28)18-11-9-17(10-12-18)25-13-3-4-20(25)26/h5-12H,3-4,13-14H2,1-2H3. The Kier molecular flexibility index (Phi) is 5.40. The van der Waals surface area contributed by atoms with E-state index in [4.69, 9.17) is 4.52 Å². The minimum Gasteiger partial charge on any atom is -0.338 e. The fraction of sp³-hybridized carbons (Fsp3) is 0.286. The average molecular weight is 426 g/mol. The molecule has 2 aromatic carbocycles. The van der Waals surface area contributed by atoms with Crippen molar-refractivity contribution >= 4 is 21.6 Å². The van der Waals surface area contributed by atoms with Gasteiger partial charge >= 0.3 is 0 Å². The highest BCUT2D eigenvalue weighted by Gasteiger charge is 2.25. The molecule has 0 bridgehead atoms. The van der Waals surface area contributed by atoms with Crippen LogP contribution in [-0.4, -0.2) is 42.4 Å². The Hall–Kier alpha value is -3.04. The summed E-state index contributed by atoms with van der Waals surface area (Å²) in [5.41, 5.74) is 2.63. The number of benzene rings is 2. The summed E-state index contributed by atoms with van der Waals surface area (Å²) >= 11 is 0. The van der Waals surface area contributed by atoms with Crippen molar-refractivity contribution in [3.8, 4) is 11.4 Å². The van der Waals surface area contributed by atoms with Crippen molar-refractivity contribution in [3.63, 3.8) is 0 Å². The highest BCUT2D eigenvalue weighted by atomic mass is 32.2. The van der Waals surface area contributed by atoms with E-state index in [2.05, 4.69) is 10.1 Å². The van der Waals surface area contributed by atoms with E-state index in [9.17, 15) is 13.2 Å². The van der Waals surface area contributed by atoms with Crippen LogP contribution in [0.5, 0.6) is 0 Å². The summed E-state index contributed by atoms with van der Waals surface area (Å²) in [7, 11) is -2.29. The lowest BCUT2D eigenvalue weighted by atomic mass is 10.1. The molecule has 1 fully saturated rings. The number of carbonyl (C=O) groups is 1. The minimum absolute atomic E-state index is 0.0481. The lowest BCUT2D eigenvalue weighted by Crippen LogP contribution is -2.27. The summed E-state index contributed by atoms with van der Waals surface area (Å²) in [6.07, 6.45) is 1.34. The molecule has 9 heteroatoms. The number of aromatic nitrogens is 2. The molecule has 156 valence electrons. The first-order chi connectivity index (χ1) is 14.3. The van der Waals surface area contributed by atoms with Gasteiger partial charge in [-0.2, -0.15) is 9.29 Å². The third-order valence-corrected chi connectivity index (χ3v) is 6.88. The van der Waals surface area contributed by atoms with Gasteiger partial charge in [0.05, 0.1) is 11.4 Å². The second-order valence-corrected chi connectivity index (χ2v) is 9.33. The highest BCUT2D eigenvalue weighted by Crippen LogP contribution is 2.25. The molecule has 30 heavy (non-hydrogen) atoms. The van der Waals surface area contributed by atoms with Crippen molar-refractivity contribution in [1.29, 1.82) is 0 Å². The summed E-state index contributed by atoms with van der Waals surface area (Å²) in [5.74, 6) is 0.676. The molecule has 1 saturated heterocycles. The number of carbonyl (C=O) groups excluding carboxylic acids is 1. The molecule has 3 aromatic rings. The second kappa shape index (κ2) is 8.00. The summed E-state index contributed by atoms with van der Waals surface area (Å²) in [4.78, 5) is 18.0. The van der Waals surface area contributed by atoms with Crippen LogP contribution in [0.25, 0.3) is 11.4 Å². The smallest absolute Gasteiger partial charge is 0.243 e. The van der Waals surface area contributed by atoms with Gasteiger partial charge < -0.3 is 9.42 Å². The van der Waals surface area contributed by atoms with Crippen molar-refractivity contribution in [2.45, 2.75) is 31.2 Å². The van der Waals surface area contributed by atoms with Crippen molar-refractivity contribution in [2.24, 2.45) is 0 Å². The maximum absolute atomic E-state index is 12.9. The number of sulfonamides is 1. The van der Waals surface area contributed by atoms with Gasteiger partial charge in [0.15, 0.2) is 0 Å². The van der Waals surface area contributed by atoms with Crippen molar-refractivity contribution in [1.82, 2.24) is 14.4 Å². The van der Waals surface area contributed by atoms with Gasteiger partial charge in [-0.3, -0.25) is 4.79 Å². The summed E-state index contributed by atoms with van der Waals surface area (Å²) in [6, 6.07) is 14.0. The fourth-order valence-electron chi connectivity index (χ4n) is 3.31. The molecule has 0 N–H and O–H groups in total. The number of hydrogen-bond donors (Lipinski definition) is 0. The molecule has 0 radical (unpaired) electrons. The van der Waals surface area contributed by atoms with Gasteiger partial charge in [0, 0.05) is 31.3 Å². The zero-order valence-corrected chi connectivity index (χ0v) is 17.6. The topological polar surface area (TPSA) is 96.6 Å². The average Bonchev–Trinajstić information content (AvgIpc) is 3.37. The number of hydrogen-bond acceptors (Lipinski definition) is 6. The van der Waals surface area contributed by atoms with E-state index in [1.54, 1.807) is 17.0 Å². The molecule has 4 rings (SSSR count).